The highest BCUT2D eigenvalue weighted by molar-refractivity contribution is 7.26. The SMILES string of the molecule is Clc1nc2oc3ccccc3c2nc1-c1ccc2sc3ccccc3c2c1.c1ccc2c(c1)Cc1cc3ccccc3cc1-2.c1ccc2cc3c(cc2c1)c1ccccc1n3-c1nc2oc3ccccc3c2nc1-c1ccc2sc3ccccc3c2c1. The van der Waals surface area contributed by atoms with Gasteiger partial charge in [-0.15, -0.1) is 22.7 Å². The highest BCUT2D eigenvalue weighted by atomic mass is 35.5. The van der Waals surface area contributed by atoms with E-state index in [0.717, 1.165) is 73.1 Å². The molecule has 0 N–H and O–H groups in total. The summed E-state index contributed by atoms with van der Waals surface area (Å²) in [6.45, 7) is 0. The lowest BCUT2D eigenvalue weighted by atomic mass is 10.0. The summed E-state index contributed by atoms with van der Waals surface area (Å²) >= 11 is 10.1. The first-order valence-electron chi connectivity index (χ1n) is 28.9. The zero-order valence-corrected chi connectivity index (χ0v) is 48.6. The van der Waals surface area contributed by atoms with Crippen molar-refractivity contribution in [2.45, 2.75) is 6.42 Å². The molecule has 12 aromatic carbocycles. The smallest absolute Gasteiger partial charge is 0.248 e. The van der Waals surface area contributed by atoms with Gasteiger partial charge in [0.2, 0.25) is 11.4 Å². The Balaban J connectivity index is 0.000000110. The second-order valence-corrected chi connectivity index (χ2v) is 24.7. The minimum Gasteiger partial charge on any atom is -0.436 e. The Morgan fingerprint density at radius 1 is 0.345 bits per heavy atom. The van der Waals surface area contributed by atoms with Crippen molar-refractivity contribution in [2.24, 2.45) is 0 Å². The molecule has 0 saturated carbocycles. The van der Waals surface area contributed by atoms with E-state index in [4.69, 9.17) is 35.4 Å². The molecule has 1 aliphatic carbocycles. The molecule has 7 nitrogen and oxygen atoms in total. The van der Waals surface area contributed by atoms with Crippen LogP contribution < -0.4 is 0 Å². The second kappa shape index (κ2) is 19.8. The third-order valence-electron chi connectivity index (χ3n) is 17.1. The summed E-state index contributed by atoms with van der Waals surface area (Å²) in [5.74, 6) is 0.756. The molecule has 10 heteroatoms. The van der Waals surface area contributed by atoms with E-state index in [0.29, 0.717) is 22.3 Å². The standard InChI is InChI=1S/C38H21N3OS.C22H11ClN2OS.C17H12/c1-2-10-23-21-31-28(19-22(23)9-1)25-11-3-6-14-30(25)41(31)37-35(39-36-27-13-4-7-15-32(27)42-38(36)40-37)24-17-18-34-29(20-24)26-12-5-8-16-33(26)43-34;23-21-19(24-20-14-6-1-3-7-16(14)26-22(20)25-21)12-9-10-18-15(11-12)13-5-2-4-8-17(13)27-18;1-2-6-13-11-17-15(9-12(13)5-1)10-14-7-3-4-8-16(14)17/h1-21H;1-11H;1-9,11H,10H2. The minimum atomic E-state index is 0.348. The monoisotopic (exact) mass is 1170 g/mol. The first kappa shape index (κ1) is 49.8. The summed E-state index contributed by atoms with van der Waals surface area (Å²) in [4.78, 5) is 19.9. The number of aromatic nitrogens is 5. The van der Waals surface area contributed by atoms with Gasteiger partial charge in [-0.2, -0.15) is 9.97 Å². The number of furan rings is 2. The summed E-state index contributed by atoms with van der Waals surface area (Å²) in [5.41, 5.74) is 15.5. The lowest BCUT2D eigenvalue weighted by molar-refractivity contribution is 0.651. The number of para-hydroxylation sites is 3. The van der Waals surface area contributed by atoms with Crippen molar-refractivity contribution in [1.82, 2.24) is 24.5 Å². The number of hydrogen-bond donors (Lipinski definition) is 0. The van der Waals surface area contributed by atoms with Gasteiger partial charge in [0.15, 0.2) is 11.0 Å². The Morgan fingerprint density at radius 3 is 1.51 bits per heavy atom. The largest absolute Gasteiger partial charge is 0.436 e. The summed E-state index contributed by atoms with van der Waals surface area (Å²) in [5, 5.41) is 14.7. The molecular weight excluding hydrogens is 1130 g/mol. The van der Waals surface area contributed by atoms with Crippen molar-refractivity contribution >= 4 is 162 Å². The molecule has 0 radical (unpaired) electrons. The first-order valence-corrected chi connectivity index (χ1v) is 30.9. The topological polar surface area (TPSA) is 82.8 Å². The van der Waals surface area contributed by atoms with Crippen LogP contribution >= 0.6 is 34.3 Å². The Bertz CT molecular complexity index is 6050. The molecule has 87 heavy (non-hydrogen) atoms. The third kappa shape index (κ3) is 8.15. The van der Waals surface area contributed by atoms with E-state index in [1.807, 2.05) is 53.8 Å². The highest BCUT2D eigenvalue weighted by Gasteiger charge is 2.24. The summed E-state index contributed by atoms with van der Waals surface area (Å²) in [7, 11) is 0. The van der Waals surface area contributed by atoms with Crippen LogP contribution in [0.4, 0.5) is 0 Å². The number of fused-ring (bicyclic) bond motifs is 20. The summed E-state index contributed by atoms with van der Waals surface area (Å²) in [6.07, 6.45) is 1.08. The molecule has 0 aliphatic heterocycles. The van der Waals surface area contributed by atoms with Gasteiger partial charge in [0.1, 0.15) is 33.6 Å². The Kier molecular flexibility index (Phi) is 11.3. The highest BCUT2D eigenvalue weighted by Crippen LogP contribution is 2.44. The average molecular weight is 1170 g/mol. The average Bonchev–Trinajstić information content (AvgIpc) is 1.89. The maximum atomic E-state index is 6.48. The predicted molar refractivity (Wildman–Crippen MR) is 364 cm³/mol. The van der Waals surface area contributed by atoms with Crippen molar-refractivity contribution in [3.05, 3.63) is 271 Å². The fourth-order valence-electron chi connectivity index (χ4n) is 13.0. The van der Waals surface area contributed by atoms with E-state index < -0.39 is 0 Å². The van der Waals surface area contributed by atoms with Crippen LogP contribution in [0.2, 0.25) is 5.15 Å². The van der Waals surface area contributed by atoms with Crippen molar-refractivity contribution in [1.29, 1.82) is 0 Å². The molecule has 0 unspecified atom stereocenters. The van der Waals surface area contributed by atoms with Crippen LogP contribution in [0.1, 0.15) is 11.1 Å². The fraction of sp³-hybridized carbons (Fsp3) is 0.0130. The Labute approximate surface area is 509 Å². The quantitative estimate of drug-likeness (QED) is 0.175. The lowest BCUT2D eigenvalue weighted by Gasteiger charge is -2.13. The normalized spacial score (nSPS) is 12.1. The number of halogens is 1. The molecule has 0 spiro atoms. The van der Waals surface area contributed by atoms with Gasteiger partial charge in [-0.1, -0.05) is 181 Å². The van der Waals surface area contributed by atoms with E-state index in [2.05, 4.69) is 222 Å². The number of nitrogens with zero attached hydrogens (tertiary/aromatic N) is 5. The van der Waals surface area contributed by atoms with Gasteiger partial charge in [0, 0.05) is 73.0 Å². The van der Waals surface area contributed by atoms with Gasteiger partial charge in [0.05, 0.1) is 11.0 Å². The molecule has 0 amide bonds. The molecule has 19 aromatic rings. The molecule has 408 valence electrons. The zero-order chi connectivity index (χ0) is 57.3. The summed E-state index contributed by atoms with van der Waals surface area (Å²) in [6, 6.07) is 89.6. The van der Waals surface area contributed by atoms with Gasteiger partial charge >= 0.3 is 0 Å². The van der Waals surface area contributed by atoms with E-state index in [9.17, 15) is 0 Å². The van der Waals surface area contributed by atoms with Gasteiger partial charge in [0.25, 0.3) is 0 Å². The van der Waals surface area contributed by atoms with Gasteiger partial charge in [-0.05, 0) is 135 Å². The number of benzene rings is 12. The molecule has 0 fully saturated rings. The molecule has 0 atom stereocenters. The van der Waals surface area contributed by atoms with Gasteiger partial charge in [-0.3, -0.25) is 4.57 Å². The van der Waals surface area contributed by atoms with Crippen molar-refractivity contribution < 1.29 is 8.83 Å². The predicted octanol–water partition coefficient (Wildman–Crippen LogP) is 22.1. The van der Waals surface area contributed by atoms with Gasteiger partial charge in [-0.25, -0.2) is 9.97 Å². The molecular formula is C77H44ClN5O2S2. The number of hydrogen-bond acceptors (Lipinski definition) is 8. The first-order chi connectivity index (χ1) is 43.0. The van der Waals surface area contributed by atoms with E-state index >= 15 is 0 Å². The number of thiophene rings is 2. The van der Waals surface area contributed by atoms with Crippen LogP contribution in [-0.4, -0.2) is 24.5 Å². The Morgan fingerprint density at radius 2 is 0.839 bits per heavy atom. The van der Waals surface area contributed by atoms with Crippen LogP contribution in [0.15, 0.2) is 264 Å². The Hall–Kier alpha value is -10.6. The fourth-order valence-corrected chi connectivity index (χ4v) is 15.4. The third-order valence-corrected chi connectivity index (χ3v) is 19.6. The minimum absolute atomic E-state index is 0.348. The zero-order valence-electron chi connectivity index (χ0n) is 46.2. The molecule has 7 heterocycles. The van der Waals surface area contributed by atoms with E-state index in [1.54, 1.807) is 11.3 Å². The molecule has 0 saturated heterocycles. The molecule has 0 bridgehead atoms. The number of rotatable bonds is 3. The van der Waals surface area contributed by atoms with E-state index in [1.165, 1.54) is 94.9 Å². The van der Waals surface area contributed by atoms with Gasteiger partial charge < -0.3 is 8.83 Å². The molecule has 1 aliphatic rings. The second-order valence-electron chi connectivity index (χ2n) is 22.1. The van der Waals surface area contributed by atoms with E-state index in [-0.39, 0.29) is 0 Å². The molecule has 7 aromatic heterocycles. The van der Waals surface area contributed by atoms with Crippen molar-refractivity contribution in [3.63, 3.8) is 0 Å². The van der Waals surface area contributed by atoms with Crippen LogP contribution in [0, 0.1) is 0 Å². The summed E-state index contributed by atoms with van der Waals surface area (Å²) < 4.78 is 19.4. The van der Waals surface area contributed by atoms with Crippen molar-refractivity contribution in [3.8, 4) is 39.5 Å². The maximum Gasteiger partial charge on any atom is 0.248 e. The van der Waals surface area contributed by atoms with Crippen molar-refractivity contribution in [2.75, 3.05) is 0 Å². The molecule has 20 rings (SSSR count). The maximum absolute atomic E-state index is 6.48. The van der Waals surface area contributed by atoms with Crippen LogP contribution in [0.5, 0.6) is 0 Å². The van der Waals surface area contributed by atoms with Crippen LogP contribution in [0.25, 0.3) is 168 Å². The van der Waals surface area contributed by atoms with Crippen LogP contribution in [-0.2, 0) is 6.42 Å². The van der Waals surface area contributed by atoms with Crippen LogP contribution in [0.3, 0.4) is 0 Å². The lowest BCUT2D eigenvalue weighted by Crippen LogP contribution is -2.03.